The second-order valence-electron chi connectivity index (χ2n) is 29.2. The molecule has 1 fully saturated rings. The van der Waals surface area contributed by atoms with Crippen molar-refractivity contribution in [3.63, 3.8) is 0 Å². The van der Waals surface area contributed by atoms with Crippen molar-refractivity contribution < 1.29 is 4.42 Å². The van der Waals surface area contributed by atoms with Gasteiger partial charge < -0.3 is 19.1 Å². The number of anilines is 8. The fraction of sp³-hybridized carbons (Fsp3) is 0.360. The van der Waals surface area contributed by atoms with E-state index in [4.69, 9.17) is 4.42 Å². The molecule has 5 heteroatoms. The molecule has 0 amide bonds. The summed E-state index contributed by atoms with van der Waals surface area (Å²) in [4.78, 5) is 8.32. The van der Waals surface area contributed by atoms with Crippen LogP contribution in [-0.4, -0.2) is 12.3 Å². The Morgan fingerprint density at radius 2 is 1.01 bits per heavy atom. The maximum atomic E-state index is 7.25. The standard InChI is InChI=1S/C75H76BN3O/c1-69(2)36-37-70(3,4)54-40-45(30-31-51(54)69)77-61-44-56-55(71(5,6)38-39-72(56,7)8)43-58(61)76-57-33-32-53-65(49-23-13-15-25-50(49)73(53,9)10)67(57)78(60-28-21-24-48-47-22-14-18-29-64(47)80-68(48)60)63-42-46(41-62(77)66(63)76)79-59-27-17-16-26-52(59)74(11)34-19-20-35-75(74,79)12/h13-18,21-33,40-44H,19-20,34-39H2,1-12H3. The highest BCUT2D eigenvalue weighted by atomic mass is 16.3. The maximum Gasteiger partial charge on any atom is 0.252 e. The molecule has 1 aromatic heterocycles. The molecule has 0 radical (unpaired) electrons. The van der Waals surface area contributed by atoms with Crippen molar-refractivity contribution in [3.05, 3.63) is 185 Å². The number of para-hydroxylation sites is 3. The Bertz CT molecular complexity index is 4210. The summed E-state index contributed by atoms with van der Waals surface area (Å²) in [6, 6.07) is 57.8. The first-order valence-electron chi connectivity index (χ1n) is 30.3. The number of hydrogen-bond acceptors (Lipinski definition) is 4. The molecule has 0 N–H and O–H groups in total. The van der Waals surface area contributed by atoms with Crippen molar-refractivity contribution in [1.82, 2.24) is 0 Å². The second kappa shape index (κ2) is 15.7. The van der Waals surface area contributed by atoms with Crippen LogP contribution in [0.5, 0.6) is 0 Å². The van der Waals surface area contributed by atoms with Crippen LogP contribution in [0.1, 0.15) is 173 Å². The predicted molar refractivity (Wildman–Crippen MR) is 339 cm³/mol. The van der Waals surface area contributed by atoms with Gasteiger partial charge in [0.25, 0.3) is 6.71 Å². The molecule has 7 aliphatic rings. The van der Waals surface area contributed by atoms with Crippen LogP contribution in [0.15, 0.2) is 150 Å². The van der Waals surface area contributed by atoms with Crippen molar-refractivity contribution >= 4 is 90.5 Å². The van der Waals surface area contributed by atoms with Crippen molar-refractivity contribution in [2.45, 2.75) is 172 Å². The lowest BCUT2D eigenvalue weighted by atomic mass is 9.33. The Balaban J connectivity index is 1.10. The zero-order valence-electron chi connectivity index (χ0n) is 49.3. The normalized spacial score (nSPS) is 23.4. The summed E-state index contributed by atoms with van der Waals surface area (Å²) in [5.41, 5.74) is 28.6. The highest BCUT2D eigenvalue weighted by Crippen LogP contribution is 2.63. The molecule has 1 saturated carbocycles. The molecule has 9 aromatic rings. The molecule has 4 nitrogen and oxygen atoms in total. The Morgan fingerprint density at radius 3 is 1.77 bits per heavy atom. The summed E-state index contributed by atoms with van der Waals surface area (Å²) in [6.45, 7) is 30.0. The molecule has 16 rings (SSSR count). The topological polar surface area (TPSA) is 22.9 Å². The zero-order chi connectivity index (χ0) is 55.0. The van der Waals surface area contributed by atoms with E-state index in [0.717, 1.165) is 53.3 Å². The van der Waals surface area contributed by atoms with Crippen LogP contribution < -0.4 is 31.1 Å². The lowest BCUT2D eigenvalue weighted by Gasteiger charge is -2.51. The molecule has 0 bridgehead atoms. The third-order valence-corrected chi connectivity index (χ3v) is 22.7. The number of hydrogen-bond donors (Lipinski definition) is 0. The Hall–Kier alpha value is -6.98. The molecule has 2 atom stereocenters. The Labute approximate surface area is 475 Å². The number of rotatable bonds is 3. The first-order chi connectivity index (χ1) is 38.1. The molecule has 2 unspecified atom stereocenters. The molecule has 4 aliphatic carbocycles. The lowest BCUT2D eigenvalue weighted by molar-refractivity contribution is 0.195. The molecule has 8 aromatic carbocycles. The molecule has 3 aliphatic heterocycles. The average Bonchev–Trinajstić information content (AvgIpc) is 3.60. The van der Waals surface area contributed by atoms with Gasteiger partial charge in [-0.05, 0) is 177 Å². The SMILES string of the molecule is CC1(C)CCC(C)(C)c2cc(N3c4cc5c(cc4B4c6ccc7c(c6N(c6cccc8c6oc6ccccc68)c6cc(N8c9ccccc9C9(C)CCCCC89C)cc3c64)-c3ccccc3C7(C)C)C(C)(C)CCC5(C)C)ccc21. The molecule has 0 saturated heterocycles. The monoisotopic (exact) mass is 1050 g/mol. The van der Waals surface area contributed by atoms with Gasteiger partial charge in [-0.25, -0.2) is 0 Å². The average molecular weight is 1050 g/mol. The van der Waals surface area contributed by atoms with Gasteiger partial charge in [0.05, 0.1) is 11.2 Å². The molecule has 80 heavy (non-hydrogen) atoms. The fourth-order valence-corrected chi connectivity index (χ4v) is 17.7. The third-order valence-electron chi connectivity index (χ3n) is 22.7. The largest absolute Gasteiger partial charge is 0.454 e. The van der Waals surface area contributed by atoms with Gasteiger partial charge in [0.2, 0.25) is 0 Å². The van der Waals surface area contributed by atoms with E-state index in [1.807, 2.05) is 0 Å². The van der Waals surface area contributed by atoms with Crippen LogP contribution in [0.25, 0.3) is 33.1 Å². The van der Waals surface area contributed by atoms with E-state index in [-0.39, 0.29) is 44.7 Å². The van der Waals surface area contributed by atoms with Gasteiger partial charge in [0.1, 0.15) is 5.58 Å². The summed E-state index contributed by atoms with van der Waals surface area (Å²) in [7, 11) is 0. The second-order valence-corrected chi connectivity index (χ2v) is 29.2. The van der Waals surface area contributed by atoms with Gasteiger partial charge in [0, 0.05) is 67.0 Å². The highest BCUT2D eigenvalue weighted by Gasteiger charge is 2.58. The van der Waals surface area contributed by atoms with Crippen LogP contribution in [0.4, 0.5) is 45.5 Å². The van der Waals surface area contributed by atoms with Crippen LogP contribution in [0.2, 0.25) is 0 Å². The zero-order valence-corrected chi connectivity index (χ0v) is 49.3. The summed E-state index contributed by atoms with van der Waals surface area (Å²) in [5, 5.41) is 2.29. The summed E-state index contributed by atoms with van der Waals surface area (Å²) in [5.74, 6) is 0. The van der Waals surface area contributed by atoms with Crippen molar-refractivity contribution in [2.75, 3.05) is 14.7 Å². The molecule has 400 valence electrons. The Morgan fingerprint density at radius 1 is 0.412 bits per heavy atom. The molecular formula is C75H76BN3O. The first kappa shape index (κ1) is 48.9. The number of fused-ring (bicyclic) bond motifs is 16. The first-order valence-corrected chi connectivity index (χ1v) is 30.3. The van der Waals surface area contributed by atoms with Gasteiger partial charge in [-0.3, -0.25) is 0 Å². The minimum absolute atomic E-state index is 0.00263. The minimum atomic E-state index is -0.213. The van der Waals surface area contributed by atoms with Gasteiger partial charge >= 0.3 is 0 Å². The molecular weight excluding hydrogens is 970 g/mol. The van der Waals surface area contributed by atoms with Crippen molar-refractivity contribution in [1.29, 1.82) is 0 Å². The summed E-state index contributed by atoms with van der Waals surface area (Å²) < 4.78 is 7.25. The van der Waals surface area contributed by atoms with Crippen molar-refractivity contribution in [2.24, 2.45) is 0 Å². The van der Waals surface area contributed by atoms with E-state index in [0.29, 0.717) is 0 Å². The van der Waals surface area contributed by atoms with E-state index in [9.17, 15) is 0 Å². The summed E-state index contributed by atoms with van der Waals surface area (Å²) >= 11 is 0. The van der Waals surface area contributed by atoms with Crippen LogP contribution in [-0.2, 0) is 32.5 Å². The van der Waals surface area contributed by atoms with E-state index in [2.05, 4.69) is 243 Å². The van der Waals surface area contributed by atoms with E-state index in [1.165, 1.54) is 132 Å². The van der Waals surface area contributed by atoms with Gasteiger partial charge in [0.15, 0.2) is 5.58 Å². The summed E-state index contributed by atoms with van der Waals surface area (Å²) in [6.07, 6.45) is 9.39. The minimum Gasteiger partial charge on any atom is -0.454 e. The van der Waals surface area contributed by atoms with Gasteiger partial charge in [-0.1, -0.05) is 186 Å². The third kappa shape index (κ3) is 6.15. The van der Waals surface area contributed by atoms with Gasteiger partial charge in [-0.15, -0.1) is 0 Å². The fourth-order valence-electron chi connectivity index (χ4n) is 17.7. The Kier molecular flexibility index (Phi) is 9.61. The van der Waals surface area contributed by atoms with Crippen molar-refractivity contribution in [3.8, 4) is 11.1 Å². The smallest absolute Gasteiger partial charge is 0.252 e. The van der Waals surface area contributed by atoms with Crippen LogP contribution in [0, 0.1) is 0 Å². The van der Waals surface area contributed by atoms with Crippen LogP contribution >= 0.6 is 0 Å². The van der Waals surface area contributed by atoms with E-state index < -0.39 is 0 Å². The highest BCUT2D eigenvalue weighted by molar-refractivity contribution is 7.00. The van der Waals surface area contributed by atoms with E-state index in [1.54, 1.807) is 0 Å². The number of furan rings is 1. The maximum absolute atomic E-state index is 7.25. The van der Waals surface area contributed by atoms with Gasteiger partial charge in [-0.2, -0.15) is 0 Å². The molecule has 0 spiro atoms. The predicted octanol–water partition coefficient (Wildman–Crippen LogP) is 18.4. The number of benzene rings is 8. The number of nitrogens with zero attached hydrogens (tertiary/aromatic N) is 3. The van der Waals surface area contributed by atoms with E-state index >= 15 is 0 Å². The molecule has 4 heterocycles. The quantitative estimate of drug-likeness (QED) is 0.165. The lowest BCUT2D eigenvalue weighted by Crippen LogP contribution is -2.62. The van der Waals surface area contributed by atoms with Crippen LogP contribution in [0.3, 0.4) is 0 Å².